The average Bonchev–Trinajstić information content (AvgIpc) is 2.97. The number of imidazole rings is 1. The predicted octanol–water partition coefficient (Wildman–Crippen LogP) is 2.30. The molecule has 3 rings (SSSR count). The lowest BCUT2D eigenvalue weighted by Gasteiger charge is -2.23. The number of para-hydroxylation sites is 1. The van der Waals surface area contributed by atoms with Gasteiger partial charge in [0, 0.05) is 6.61 Å². The largest absolute Gasteiger partial charge is 0.478 e. The third kappa shape index (κ3) is 2.10. The van der Waals surface area contributed by atoms with Crippen molar-refractivity contribution in [2.24, 2.45) is 0 Å². The van der Waals surface area contributed by atoms with Crippen LogP contribution in [0.1, 0.15) is 30.1 Å². The van der Waals surface area contributed by atoms with Crippen LogP contribution in [-0.4, -0.2) is 32.8 Å². The number of aromatic nitrogens is 2. The predicted molar refractivity (Wildman–Crippen MR) is 70.3 cm³/mol. The van der Waals surface area contributed by atoms with Gasteiger partial charge in [0.05, 0.1) is 29.6 Å². The van der Waals surface area contributed by atoms with Crippen LogP contribution in [-0.2, 0) is 11.3 Å². The van der Waals surface area contributed by atoms with Gasteiger partial charge in [-0.1, -0.05) is 6.07 Å². The van der Waals surface area contributed by atoms with E-state index in [4.69, 9.17) is 9.84 Å². The molecule has 1 N–H and O–H groups in total. The molecule has 1 aliphatic heterocycles. The Labute approximate surface area is 110 Å². The van der Waals surface area contributed by atoms with Crippen LogP contribution in [0.3, 0.4) is 0 Å². The molecule has 1 fully saturated rings. The number of hydrogen-bond donors (Lipinski definition) is 1. The van der Waals surface area contributed by atoms with Crippen LogP contribution < -0.4 is 0 Å². The summed E-state index contributed by atoms with van der Waals surface area (Å²) in [4.78, 5) is 15.4. The van der Waals surface area contributed by atoms with E-state index in [-0.39, 0.29) is 11.2 Å². The number of rotatable bonds is 3. The molecular formula is C14H16N2O3. The summed E-state index contributed by atoms with van der Waals surface area (Å²) in [6.07, 6.45) is 3.79. The summed E-state index contributed by atoms with van der Waals surface area (Å²) in [5.41, 5.74) is 1.45. The van der Waals surface area contributed by atoms with Gasteiger partial charge in [-0.2, -0.15) is 0 Å². The van der Waals surface area contributed by atoms with E-state index < -0.39 is 5.97 Å². The molecule has 2 heterocycles. The number of fused-ring (bicyclic) bond motifs is 1. The highest BCUT2D eigenvalue weighted by atomic mass is 16.5. The first-order valence-electron chi connectivity index (χ1n) is 6.40. The smallest absolute Gasteiger partial charge is 0.337 e. The molecule has 19 heavy (non-hydrogen) atoms. The van der Waals surface area contributed by atoms with E-state index in [0.717, 1.165) is 25.0 Å². The lowest BCUT2D eigenvalue weighted by Crippen LogP contribution is -2.29. The van der Waals surface area contributed by atoms with Gasteiger partial charge < -0.3 is 14.4 Å². The average molecular weight is 260 g/mol. The highest BCUT2D eigenvalue weighted by Gasteiger charge is 2.30. The van der Waals surface area contributed by atoms with Gasteiger partial charge in [0.1, 0.15) is 5.52 Å². The minimum Gasteiger partial charge on any atom is -0.478 e. The third-order valence-corrected chi connectivity index (χ3v) is 3.69. The SMILES string of the molecule is CC1(Cn2cnc3c(C(=O)O)cccc32)CCCO1. The molecule has 5 heteroatoms. The number of carboxylic acids is 1. The second kappa shape index (κ2) is 4.35. The summed E-state index contributed by atoms with van der Waals surface area (Å²) >= 11 is 0. The van der Waals surface area contributed by atoms with E-state index in [2.05, 4.69) is 11.9 Å². The summed E-state index contributed by atoms with van der Waals surface area (Å²) in [6.45, 7) is 3.59. The third-order valence-electron chi connectivity index (χ3n) is 3.69. The van der Waals surface area contributed by atoms with Gasteiger partial charge in [0.15, 0.2) is 0 Å². The monoisotopic (exact) mass is 260 g/mol. The van der Waals surface area contributed by atoms with Crippen molar-refractivity contribution < 1.29 is 14.6 Å². The van der Waals surface area contributed by atoms with Crippen LogP contribution in [0.2, 0.25) is 0 Å². The number of carbonyl (C=O) groups is 1. The molecule has 0 spiro atoms. The fourth-order valence-corrected chi connectivity index (χ4v) is 2.71. The van der Waals surface area contributed by atoms with E-state index in [9.17, 15) is 4.79 Å². The Morgan fingerprint density at radius 2 is 2.42 bits per heavy atom. The number of aromatic carboxylic acids is 1. The molecule has 1 aliphatic rings. The number of carboxylic acid groups (broad SMARTS) is 1. The Morgan fingerprint density at radius 1 is 1.58 bits per heavy atom. The van der Waals surface area contributed by atoms with Crippen molar-refractivity contribution in [3.8, 4) is 0 Å². The molecular weight excluding hydrogens is 244 g/mol. The van der Waals surface area contributed by atoms with E-state index in [1.54, 1.807) is 18.5 Å². The Bertz CT molecular complexity index is 627. The molecule has 1 saturated heterocycles. The van der Waals surface area contributed by atoms with E-state index in [0.29, 0.717) is 12.1 Å². The second-order valence-corrected chi connectivity index (χ2v) is 5.25. The standard InChI is InChI=1S/C14H16N2O3/c1-14(6-3-7-19-14)8-16-9-15-12-10(13(17)18)4-2-5-11(12)16/h2,4-5,9H,3,6-8H2,1H3,(H,17,18). The number of hydrogen-bond acceptors (Lipinski definition) is 3. The van der Waals surface area contributed by atoms with Gasteiger partial charge in [0.2, 0.25) is 0 Å². The quantitative estimate of drug-likeness (QED) is 0.919. The molecule has 1 atom stereocenters. The summed E-state index contributed by atoms with van der Waals surface area (Å²) in [7, 11) is 0. The number of ether oxygens (including phenoxy) is 1. The second-order valence-electron chi connectivity index (χ2n) is 5.25. The first-order valence-corrected chi connectivity index (χ1v) is 6.40. The van der Waals surface area contributed by atoms with Gasteiger partial charge >= 0.3 is 5.97 Å². The number of nitrogens with zero attached hydrogens (tertiary/aromatic N) is 2. The Morgan fingerprint density at radius 3 is 3.11 bits per heavy atom. The molecule has 0 amide bonds. The molecule has 100 valence electrons. The van der Waals surface area contributed by atoms with Gasteiger partial charge in [-0.15, -0.1) is 0 Å². The topological polar surface area (TPSA) is 64.4 Å². The Kier molecular flexibility index (Phi) is 2.78. The highest BCUT2D eigenvalue weighted by Crippen LogP contribution is 2.28. The van der Waals surface area contributed by atoms with Gasteiger partial charge in [-0.05, 0) is 31.9 Å². The van der Waals surface area contributed by atoms with Crippen LogP contribution >= 0.6 is 0 Å². The zero-order chi connectivity index (χ0) is 13.5. The van der Waals surface area contributed by atoms with Gasteiger partial charge in [-0.3, -0.25) is 0 Å². The van der Waals surface area contributed by atoms with Crippen LogP contribution in [0.25, 0.3) is 11.0 Å². The van der Waals surface area contributed by atoms with Crippen LogP contribution in [0.4, 0.5) is 0 Å². The van der Waals surface area contributed by atoms with Crippen LogP contribution in [0.15, 0.2) is 24.5 Å². The van der Waals surface area contributed by atoms with E-state index in [1.165, 1.54) is 0 Å². The van der Waals surface area contributed by atoms with Gasteiger partial charge in [0.25, 0.3) is 0 Å². The van der Waals surface area contributed by atoms with E-state index >= 15 is 0 Å². The first-order chi connectivity index (χ1) is 9.09. The molecule has 1 aromatic heterocycles. The summed E-state index contributed by atoms with van der Waals surface area (Å²) in [6, 6.07) is 5.23. The van der Waals surface area contributed by atoms with Crippen molar-refractivity contribution in [3.05, 3.63) is 30.1 Å². The Balaban J connectivity index is 2.01. The zero-order valence-corrected chi connectivity index (χ0v) is 10.8. The highest BCUT2D eigenvalue weighted by molar-refractivity contribution is 6.00. The van der Waals surface area contributed by atoms with E-state index in [1.807, 2.05) is 10.6 Å². The molecule has 0 saturated carbocycles. The van der Waals surface area contributed by atoms with Crippen LogP contribution in [0.5, 0.6) is 0 Å². The summed E-state index contributed by atoms with van der Waals surface area (Å²) in [5.74, 6) is -0.945. The molecule has 0 radical (unpaired) electrons. The van der Waals surface area contributed by atoms with Crippen molar-refractivity contribution in [1.82, 2.24) is 9.55 Å². The van der Waals surface area contributed by atoms with Crippen molar-refractivity contribution in [2.45, 2.75) is 31.9 Å². The maximum absolute atomic E-state index is 11.2. The summed E-state index contributed by atoms with van der Waals surface area (Å²) < 4.78 is 7.75. The molecule has 5 nitrogen and oxygen atoms in total. The van der Waals surface area contributed by atoms with Crippen molar-refractivity contribution >= 4 is 17.0 Å². The Hall–Kier alpha value is -1.88. The van der Waals surface area contributed by atoms with Crippen molar-refractivity contribution in [3.63, 3.8) is 0 Å². The number of benzene rings is 1. The maximum Gasteiger partial charge on any atom is 0.337 e. The lowest BCUT2D eigenvalue weighted by atomic mass is 10.0. The normalized spacial score (nSPS) is 23.0. The minimum atomic E-state index is -0.945. The van der Waals surface area contributed by atoms with Crippen molar-refractivity contribution in [2.75, 3.05) is 6.61 Å². The molecule has 0 aliphatic carbocycles. The van der Waals surface area contributed by atoms with Gasteiger partial charge in [-0.25, -0.2) is 9.78 Å². The fraction of sp³-hybridized carbons (Fsp3) is 0.429. The lowest BCUT2D eigenvalue weighted by molar-refractivity contribution is 0.00706. The zero-order valence-electron chi connectivity index (χ0n) is 10.8. The maximum atomic E-state index is 11.2. The minimum absolute atomic E-state index is 0.174. The molecule has 1 unspecified atom stereocenters. The molecule has 1 aromatic carbocycles. The fourth-order valence-electron chi connectivity index (χ4n) is 2.71. The summed E-state index contributed by atoms with van der Waals surface area (Å²) in [5, 5.41) is 9.15. The molecule has 2 aromatic rings. The van der Waals surface area contributed by atoms with Crippen molar-refractivity contribution in [1.29, 1.82) is 0 Å². The molecule has 0 bridgehead atoms. The van der Waals surface area contributed by atoms with Crippen LogP contribution in [0, 0.1) is 0 Å². The first kappa shape index (κ1) is 12.2.